The van der Waals surface area contributed by atoms with E-state index in [0.29, 0.717) is 6.54 Å². The van der Waals surface area contributed by atoms with E-state index in [2.05, 4.69) is 10.6 Å². The van der Waals surface area contributed by atoms with Gasteiger partial charge in [0.2, 0.25) is 0 Å². The second kappa shape index (κ2) is 6.83. The maximum atomic E-state index is 13.2. The van der Waals surface area contributed by atoms with Gasteiger partial charge in [-0.2, -0.15) is 0 Å². The van der Waals surface area contributed by atoms with Crippen molar-refractivity contribution in [1.82, 2.24) is 10.6 Å². The number of hydrogen-bond acceptors (Lipinski definition) is 1. The minimum absolute atomic E-state index is 0.0457. The Morgan fingerprint density at radius 1 is 1.29 bits per heavy atom. The van der Waals surface area contributed by atoms with Crippen LogP contribution in [0.25, 0.3) is 0 Å². The van der Waals surface area contributed by atoms with Gasteiger partial charge >= 0.3 is 6.03 Å². The first kappa shape index (κ1) is 13.4. The van der Waals surface area contributed by atoms with Gasteiger partial charge in [0.05, 0.1) is 0 Å². The van der Waals surface area contributed by atoms with Crippen LogP contribution in [0.2, 0.25) is 0 Å². The number of carbonyl (C=O) groups excluding carboxylic acids is 1. The van der Waals surface area contributed by atoms with Gasteiger partial charge in [-0.05, 0) is 12.5 Å². The van der Waals surface area contributed by atoms with Gasteiger partial charge in [0.25, 0.3) is 0 Å². The van der Waals surface area contributed by atoms with E-state index in [1.165, 1.54) is 6.07 Å². The van der Waals surface area contributed by atoms with Crippen molar-refractivity contribution in [3.05, 3.63) is 35.4 Å². The second-order valence-corrected chi connectivity index (χ2v) is 3.70. The molecule has 0 aromatic heterocycles. The van der Waals surface area contributed by atoms with Crippen LogP contribution in [0.3, 0.4) is 0 Å². The van der Waals surface area contributed by atoms with Crippen molar-refractivity contribution < 1.29 is 13.6 Å². The fourth-order valence-electron chi connectivity index (χ4n) is 1.28. The maximum Gasteiger partial charge on any atom is 0.315 e. The van der Waals surface area contributed by atoms with E-state index < -0.39 is 11.6 Å². The number of carbonyl (C=O) groups is 1. The molecule has 0 aliphatic carbocycles. The molecule has 5 heteroatoms. The van der Waals surface area contributed by atoms with Crippen LogP contribution < -0.4 is 10.6 Å². The van der Waals surface area contributed by atoms with Crippen LogP contribution in [-0.2, 0) is 6.54 Å². The molecule has 0 spiro atoms. The molecule has 0 saturated carbocycles. The van der Waals surface area contributed by atoms with Gasteiger partial charge in [-0.25, -0.2) is 13.6 Å². The summed E-state index contributed by atoms with van der Waals surface area (Å²) in [6.45, 7) is 2.66. The van der Waals surface area contributed by atoms with Crippen LogP contribution >= 0.6 is 0 Å². The molecule has 2 amide bonds. The molecule has 0 radical (unpaired) electrons. The van der Waals surface area contributed by atoms with Crippen molar-refractivity contribution in [2.24, 2.45) is 0 Å². The lowest BCUT2D eigenvalue weighted by atomic mass is 10.2. The summed E-state index contributed by atoms with van der Waals surface area (Å²) in [5.74, 6) is -1.28. The number of urea groups is 1. The summed E-state index contributed by atoms with van der Waals surface area (Å²) in [5, 5.41) is 5.14. The molecule has 0 fully saturated rings. The van der Waals surface area contributed by atoms with Gasteiger partial charge in [0, 0.05) is 24.7 Å². The highest BCUT2D eigenvalue weighted by molar-refractivity contribution is 5.73. The number of rotatable bonds is 5. The molecule has 0 heterocycles. The average molecular weight is 242 g/mol. The summed E-state index contributed by atoms with van der Waals surface area (Å²) in [4.78, 5) is 11.3. The number of halogens is 2. The zero-order valence-corrected chi connectivity index (χ0v) is 9.72. The van der Waals surface area contributed by atoms with Gasteiger partial charge in [0.15, 0.2) is 0 Å². The van der Waals surface area contributed by atoms with E-state index in [-0.39, 0.29) is 18.1 Å². The summed E-state index contributed by atoms with van der Waals surface area (Å²) in [5.41, 5.74) is 0.261. The number of unbranched alkanes of at least 4 members (excludes halogenated alkanes) is 1. The Labute approximate surface area is 99.2 Å². The SMILES string of the molecule is CCCCNC(=O)NCc1ccc(F)cc1F. The predicted octanol–water partition coefficient (Wildman–Crippen LogP) is 2.56. The van der Waals surface area contributed by atoms with E-state index in [4.69, 9.17) is 0 Å². The Morgan fingerprint density at radius 3 is 2.71 bits per heavy atom. The minimum Gasteiger partial charge on any atom is -0.338 e. The lowest BCUT2D eigenvalue weighted by Gasteiger charge is -2.07. The van der Waals surface area contributed by atoms with Crippen LogP contribution in [0.15, 0.2) is 18.2 Å². The average Bonchev–Trinajstić information content (AvgIpc) is 2.28. The van der Waals surface area contributed by atoms with Crippen LogP contribution in [0, 0.1) is 11.6 Å². The molecule has 1 aromatic rings. The fourth-order valence-corrected chi connectivity index (χ4v) is 1.28. The molecule has 0 unspecified atom stereocenters. The first-order valence-electron chi connectivity index (χ1n) is 5.59. The lowest BCUT2D eigenvalue weighted by Crippen LogP contribution is -2.35. The normalized spacial score (nSPS) is 10.1. The first-order chi connectivity index (χ1) is 8.13. The van der Waals surface area contributed by atoms with E-state index >= 15 is 0 Å². The standard InChI is InChI=1S/C12H16F2N2O/c1-2-3-6-15-12(17)16-8-9-4-5-10(13)7-11(9)14/h4-5,7H,2-3,6,8H2,1H3,(H2,15,16,17). The molecular formula is C12H16F2N2O. The van der Waals surface area contributed by atoms with E-state index in [9.17, 15) is 13.6 Å². The second-order valence-electron chi connectivity index (χ2n) is 3.70. The number of hydrogen-bond donors (Lipinski definition) is 2. The predicted molar refractivity (Wildman–Crippen MR) is 61.5 cm³/mol. The number of amides is 2. The Hall–Kier alpha value is -1.65. The number of benzene rings is 1. The summed E-state index contributed by atoms with van der Waals surface area (Å²) in [7, 11) is 0. The highest BCUT2D eigenvalue weighted by Gasteiger charge is 2.05. The highest BCUT2D eigenvalue weighted by Crippen LogP contribution is 2.08. The third-order valence-corrected chi connectivity index (χ3v) is 2.27. The Balaban J connectivity index is 2.37. The van der Waals surface area contributed by atoms with Gasteiger partial charge in [-0.15, -0.1) is 0 Å². The molecular weight excluding hydrogens is 226 g/mol. The molecule has 1 rings (SSSR count). The Bertz CT molecular complexity index is 383. The van der Waals surface area contributed by atoms with Crippen LogP contribution in [0.4, 0.5) is 13.6 Å². The molecule has 0 saturated heterocycles. The Kier molecular flexibility index (Phi) is 5.39. The summed E-state index contributed by atoms with van der Waals surface area (Å²) >= 11 is 0. The van der Waals surface area contributed by atoms with E-state index in [0.717, 1.165) is 25.0 Å². The molecule has 17 heavy (non-hydrogen) atoms. The van der Waals surface area contributed by atoms with E-state index in [1.807, 2.05) is 6.92 Å². The molecule has 1 aromatic carbocycles. The van der Waals surface area contributed by atoms with Crippen molar-refractivity contribution in [2.75, 3.05) is 6.54 Å². The summed E-state index contributed by atoms with van der Waals surface area (Å²) in [6, 6.07) is 2.93. The first-order valence-corrected chi connectivity index (χ1v) is 5.59. The van der Waals surface area contributed by atoms with Crippen molar-refractivity contribution in [1.29, 1.82) is 0 Å². The van der Waals surface area contributed by atoms with Crippen molar-refractivity contribution in [3.8, 4) is 0 Å². The number of nitrogens with one attached hydrogen (secondary N) is 2. The minimum atomic E-state index is -0.654. The highest BCUT2D eigenvalue weighted by atomic mass is 19.1. The lowest BCUT2D eigenvalue weighted by molar-refractivity contribution is 0.240. The van der Waals surface area contributed by atoms with Crippen LogP contribution in [-0.4, -0.2) is 12.6 Å². The van der Waals surface area contributed by atoms with Gasteiger partial charge in [-0.1, -0.05) is 19.4 Å². The topological polar surface area (TPSA) is 41.1 Å². The van der Waals surface area contributed by atoms with Gasteiger partial charge in [-0.3, -0.25) is 0 Å². The Morgan fingerprint density at radius 2 is 2.06 bits per heavy atom. The fraction of sp³-hybridized carbons (Fsp3) is 0.417. The zero-order chi connectivity index (χ0) is 12.7. The molecule has 0 aliphatic rings. The van der Waals surface area contributed by atoms with Crippen LogP contribution in [0.5, 0.6) is 0 Å². The third-order valence-electron chi connectivity index (χ3n) is 2.27. The van der Waals surface area contributed by atoms with Crippen molar-refractivity contribution in [2.45, 2.75) is 26.3 Å². The van der Waals surface area contributed by atoms with Gasteiger partial charge < -0.3 is 10.6 Å². The molecule has 3 nitrogen and oxygen atoms in total. The monoisotopic (exact) mass is 242 g/mol. The quantitative estimate of drug-likeness (QED) is 0.765. The van der Waals surface area contributed by atoms with Gasteiger partial charge in [0.1, 0.15) is 11.6 Å². The molecule has 0 bridgehead atoms. The summed E-state index contributed by atoms with van der Waals surface area (Å²) in [6.07, 6.45) is 1.89. The molecule has 0 aliphatic heterocycles. The molecule has 2 N–H and O–H groups in total. The smallest absolute Gasteiger partial charge is 0.315 e. The maximum absolute atomic E-state index is 13.2. The molecule has 94 valence electrons. The third kappa shape index (κ3) is 4.80. The van der Waals surface area contributed by atoms with E-state index in [1.54, 1.807) is 0 Å². The summed E-state index contributed by atoms with van der Waals surface area (Å²) < 4.78 is 25.8. The largest absolute Gasteiger partial charge is 0.338 e. The van der Waals surface area contributed by atoms with Crippen molar-refractivity contribution >= 4 is 6.03 Å². The van der Waals surface area contributed by atoms with Crippen molar-refractivity contribution in [3.63, 3.8) is 0 Å². The zero-order valence-electron chi connectivity index (χ0n) is 9.72. The van der Waals surface area contributed by atoms with Crippen LogP contribution in [0.1, 0.15) is 25.3 Å². The molecule has 0 atom stereocenters.